The van der Waals surface area contributed by atoms with Crippen LogP contribution in [-0.4, -0.2) is 48.5 Å². The topological polar surface area (TPSA) is 76.3 Å². The number of aromatic nitrogens is 5. The summed E-state index contributed by atoms with van der Waals surface area (Å²) in [5, 5.41) is 3.95. The van der Waals surface area contributed by atoms with Gasteiger partial charge in [0.2, 0.25) is 0 Å². The van der Waals surface area contributed by atoms with E-state index >= 15 is 0 Å². The summed E-state index contributed by atoms with van der Waals surface area (Å²) in [4.78, 5) is 25.0. The number of aryl methyl sites for hydroxylation is 1. The smallest absolute Gasteiger partial charge is 0.335 e. The number of fused-ring (bicyclic) bond motifs is 1. The van der Waals surface area contributed by atoms with Gasteiger partial charge in [-0.1, -0.05) is 0 Å². The maximum absolute atomic E-state index is 13.1. The first-order chi connectivity index (χ1) is 14.5. The second-order valence-corrected chi connectivity index (χ2v) is 7.11. The molecule has 7 nitrogen and oxygen atoms in total. The molecule has 0 aromatic carbocycles. The van der Waals surface area contributed by atoms with Gasteiger partial charge in [-0.2, -0.15) is 27.8 Å². The van der Waals surface area contributed by atoms with Crippen LogP contribution < -0.4 is 0 Å². The Morgan fingerprint density at radius 3 is 2.68 bits per heavy atom. The highest BCUT2D eigenvalue weighted by molar-refractivity contribution is 5.95. The van der Waals surface area contributed by atoms with Crippen molar-refractivity contribution in [3.05, 3.63) is 58.4 Å². The lowest BCUT2D eigenvalue weighted by atomic mass is 10.1. The Kier molecular flexibility index (Phi) is 4.94. The zero-order valence-corrected chi connectivity index (χ0v) is 16.2. The molecule has 1 saturated carbocycles. The fourth-order valence-electron chi connectivity index (χ4n) is 3.25. The van der Waals surface area contributed by atoms with E-state index in [-0.39, 0.29) is 23.1 Å². The Morgan fingerprint density at radius 1 is 1.26 bits per heavy atom. The number of nitrogens with zero attached hydrogens (tertiary/aromatic N) is 6. The lowest BCUT2D eigenvalue weighted by Gasteiger charge is -2.17. The molecule has 31 heavy (non-hydrogen) atoms. The Morgan fingerprint density at radius 2 is 2.00 bits per heavy atom. The number of carbonyl (C=O) groups is 1. The molecule has 0 spiro atoms. The molecule has 3 heterocycles. The van der Waals surface area contributed by atoms with Crippen molar-refractivity contribution in [3.63, 3.8) is 0 Å². The number of alkyl halides is 5. The number of hydrogen-bond donors (Lipinski definition) is 0. The second kappa shape index (κ2) is 7.36. The number of halogens is 5. The molecule has 3 aromatic rings. The quantitative estimate of drug-likeness (QED) is 0.581. The van der Waals surface area contributed by atoms with Crippen molar-refractivity contribution in [2.75, 3.05) is 7.05 Å². The zero-order chi connectivity index (χ0) is 22.5. The van der Waals surface area contributed by atoms with Gasteiger partial charge in [-0.25, -0.2) is 18.7 Å². The third kappa shape index (κ3) is 4.09. The number of hydrogen-bond acceptors (Lipinski definition) is 5. The molecule has 1 amide bonds. The Hall–Kier alpha value is -3.44. The maximum atomic E-state index is 13.1. The summed E-state index contributed by atoms with van der Waals surface area (Å²) in [5.41, 5.74) is -0.600. The van der Waals surface area contributed by atoms with Gasteiger partial charge in [-0.05, 0) is 43.2 Å². The summed E-state index contributed by atoms with van der Waals surface area (Å²) >= 11 is 0. The molecule has 1 atom stereocenters. The molecule has 0 saturated heterocycles. The second-order valence-electron chi connectivity index (χ2n) is 7.11. The van der Waals surface area contributed by atoms with Gasteiger partial charge in [0.25, 0.3) is 18.1 Å². The fraction of sp³-hybridized carbons (Fsp3) is 0.316. The summed E-state index contributed by atoms with van der Waals surface area (Å²) in [6.45, 7) is 1.38. The minimum absolute atomic E-state index is 0.0122. The van der Waals surface area contributed by atoms with Gasteiger partial charge in [0, 0.05) is 18.3 Å². The zero-order valence-electron chi connectivity index (χ0n) is 16.2. The predicted molar refractivity (Wildman–Crippen MR) is 98.2 cm³/mol. The molecule has 4 rings (SSSR count). The maximum Gasteiger partial charge on any atom is 0.433 e. The fourth-order valence-corrected chi connectivity index (χ4v) is 3.25. The van der Waals surface area contributed by atoms with Crippen LogP contribution in [0.25, 0.3) is 11.9 Å². The highest BCUT2D eigenvalue weighted by atomic mass is 19.4. The molecular weight excluding hydrogens is 423 g/mol. The van der Waals surface area contributed by atoms with E-state index in [1.165, 1.54) is 41.8 Å². The van der Waals surface area contributed by atoms with Crippen LogP contribution in [0.15, 0.2) is 30.1 Å². The van der Waals surface area contributed by atoms with Crippen molar-refractivity contribution < 1.29 is 26.7 Å². The standard InChI is InChI=1S/C19H15F5N6O/c1-9-3-11(6-15(27-9)19(22,23)24)17(31)29(2)14-5-10(14)4-12-7-13(16(20)21)28-18-25-8-26-30(12)18/h3-4,6-8,14,16H,5H2,1-2H3/b10-4-/t14-/m0/s1. The summed E-state index contributed by atoms with van der Waals surface area (Å²) in [6.07, 6.45) is -4.24. The molecule has 0 radical (unpaired) electrons. The van der Waals surface area contributed by atoms with Gasteiger partial charge in [-0.3, -0.25) is 4.79 Å². The number of rotatable bonds is 4. The van der Waals surface area contributed by atoms with Crippen molar-refractivity contribution in [1.82, 2.24) is 29.5 Å². The van der Waals surface area contributed by atoms with Crippen LogP contribution >= 0.6 is 0 Å². The van der Waals surface area contributed by atoms with E-state index in [2.05, 4.69) is 20.1 Å². The van der Waals surface area contributed by atoms with Crippen LogP contribution in [0.1, 0.15) is 46.0 Å². The molecule has 0 N–H and O–H groups in total. The van der Waals surface area contributed by atoms with E-state index < -0.39 is 29.9 Å². The first-order valence-electron chi connectivity index (χ1n) is 9.07. The van der Waals surface area contributed by atoms with Crippen LogP contribution in [0.4, 0.5) is 22.0 Å². The first-order valence-corrected chi connectivity index (χ1v) is 9.07. The van der Waals surface area contributed by atoms with E-state index in [0.29, 0.717) is 18.2 Å². The summed E-state index contributed by atoms with van der Waals surface area (Å²) in [5.74, 6) is -0.587. The van der Waals surface area contributed by atoms with Crippen LogP contribution in [0.5, 0.6) is 0 Å². The summed E-state index contributed by atoms with van der Waals surface area (Å²) in [6, 6.07) is 2.81. The van der Waals surface area contributed by atoms with Gasteiger partial charge in [0.15, 0.2) is 0 Å². The van der Waals surface area contributed by atoms with E-state index in [1.807, 2.05) is 0 Å². The minimum atomic E-state index is -4.67. The van der Waals surface area contributed by atoms with E-state index in [4.69, 9.17) is 0 Å². The molecule has 3 aromatic heterocycles. The molecule has 0 unspecified atom stereocenters. The molecule has 1 fully saturated rings. The number of amides is 1. The van der Waals surface area contributed by atoms with Gasteiger partial charge < -0.3 is 4.90 Å². The first kappa shape index (κ1) is 20.8. The Labute approximate surface area is 172 Å². The molecule has 0 aliphatic heterocycles. The minimum Gasteiger partial charge on any atom is -0.335 e. The van der Waals surface area contributed by atoms with Crippen LogP contribution in [-0.2, 0) is 6.18 Å². The Balaban J connectivity index is 1.59. The largest absolute Gasteiger partial charge is 0.433 e. The number of pyridine rings is 1. The van der Waals surface area contributed by atoms with Gasteiger partial charge in [-0.15, -0.1) is 0 Å². The van der Waals surface area contributed by atoms with Gasteiger partial charge >= 0.3 is 6.18 Å². The molecule has 0 bridgehead atoms. The van der Waals surface area contributed by atoms with Crippen molar-refractivity contribution in [2.24, 2.45) is 0 Å². The average Bonchev–Trinajstić information content (AvgIpc) is 3.28. The third-order valence-electron chi connectivity index (χ3n) is 4.83. The van der Waals surface area contributed by atoms with Crippen LogP contribution in [0, 0.1) is 6.92 Å². The average molecular weight is 438 g/mol. The van der Waals surface area contributed by atoms with Crippen molar-refractivity contribution in [1.29, 1.82) is 0 Å². The van der Waals surface area contributed by atoms with Crippen LogP contribution in [0.2, 0.25) is 0 Å². The lowest BCUT2D eigenvalue weighted by molar-refractivity contribution is -0.141. The summed E-state index contributed by atoms with van der Waals surface area (Å²) < 4.78 is 66.5. The normalized spacial score (nSPS) is 17.5. The third-order valence-corrected chi connectivity index (χ3v) is 4.83. The monoisotopic (exact) mass is 438 g/mol. The van der Waals surface area contributed by atoms with Gasteiger partial charge in [0.05, 0.1) is 11.7 Å². The number of likely N-dealkylation sites (N-methyl/N-ethyl adjacent to an activating group) is 1. The molecule has 1 aliphatic carbocycles. The molecule has 1 aliphatic rings. The molecule has 162 valence electrons. The van der Waals surface area contributed by atoms with E-state index in [0.717, 1.165) is 5.57 Å². The van der Waals surface area contributed by atoms with Crippen molar-refractivity contribution >= 4 is 17.8 Å². The number of carbonyl (C=O) groups excluding carboxylic acids is 1. The van der Waals surface area contributed by atoms with E-state index in [9.17, 15) is 26.7 Å². The van der Waals surface area contributed by atoms with E-state index in [1.54, 1.807) is 6.08 Å². The highest BCUT2D eigenvalue weighted by Gasteiger charge is 2.38. The molecular formula is C19H15F5N6O. The SMILES string of the molecule is Cc1cc(C(=O)N(C)[C@H]2C/C2=C/c2cc(C(F)F)nc3ncnn23)cc(C(F)(F)F)n1. The van der Waals surface area contributed by atoms with Crippen molar-refractivity contribution in [3.8, 4) is 0 Å². The van der Waals surface area contributed by atoms with Crippen LogP contribution in [0.3, 0.4) is 0 Å². The van der Waals surface area contributed by atoms with Gasteiger partial charge in [0.1, 0.15) is 17.7 Å². The summed E-state index contributed by atoms with van der Waals surface area (Å²) in [7, 11) is 1.47. The lowest BCUT2D eigenvalue weighted by Crippen LogP contribution is -2.29. The van der Waals surface area contributed by atoms with Crippen molar-refractivity contribution in [2.45, 2.75) is 32.0 Å². The molecule has 12 heteroatoms. The Bertz CT molecular complexity index is 1200. The highest BCUT2D eigenvalue weighted by Crippen LogP contribution is 2.37. The predicted octanol–water partition coefficient (Wildman–Crippen LogP) is 3.71.